The van der Waals surface area contributed by atoms with Crippen LogP contribution in [0, 0.1) is 5.82 Å². The minimum Gasteiger partial charge on any atom is -0.481 e. The highest BCUT2D eigenvalue weighted by molar-refractivity contribution is 5.66. The van der Waals surface area contributed by atoms with Crippen LogP contribution in [0.5, 0.6) is 0 Å². The van der Waals surface area contributed by atoms with E-state index >= 15 is 0 Å². The Morgan fingerprint density at radius 3 is 2.67 bits per heavy atom. The molecule has 0 spiro atoms. The molecule has 0 amide bonds. The van der Waals surface area contributed by atoms with Gasteiger partial charge in [0.2, 0.25) is 5.95 Å². The van der Waals surface area contributed by atoms with Gasteiger partial charge in [-0.3, -0.25) is 4.79 Å². The van der Waals surface area contributed by atoms with Gasteiger partial charge in [0, 0.05) is 20.0 Å². The van der Waals surface area contributed by atoms with Crippen molar-refractivity contribution in [1.29, 1.82) is 0 Å². The molecule has 1 N–H and O–H groups in total. The fourth-order valence-electron chi connectivity index (χ4n) is 1.07. The molecule has 0 bridgehead atoms. The number of rotatable bonds is 5. The van der Waals surface area contributed by atoms with Gasteiger partial charge in [0.15, 0.2) is 5.82 Å². The first-order valence-electron chi connectivity index (χ1n) is 4.50. The van der Waals surface area contributed by atoms with Gasteiger partial charge in [-0.25, -0.2) is 14.4 Å². The second kappa shape index (κ2) is 5.23. The number of carbonyl (C=O) groups is 1. The molecule has 0 radical (unpaired) electrons. The normalized spacial score (nSPS) is 10.0. The second-order valence-electron chi connectivity index (χ2n) is 3.12. The molecule has 6 heteroatoms. The fourth-order valence-corrected chi connectivity index (χ4v) is 1.07. The van der Waals surface area contributed by atoms with Crippen LogP contribution in [0.15, 0.2) is 12.4 Å². The van der Waals surface area contributed by atoms with Gasteiger partial charge in [0.25, 0.3) is 0 Å². The largest absolute Gasteiger partial charge is 0.481 e. The van der Waals surface area contributed by atoms with Gasteiger partial charge in [-0.1, -0.05) is 0 Å². The van der Waals surface area contributed by atoms with Crippen LogP contribution in [0.25, 0.3) is 0 Å². The van der Waals surface area contributed by atoms with Crippen molar-refractivity contribution < 1.29 is 14.3 Å². The van der Waals surface area contributed by atoms with E-state index in [0.29, 0.717) is 18.9 Å². The summed E-state index contributed by atoms with van der Waals surface area (Å²) in [5, 5.41) is 8.43. The minimum absolute atomic E-state index is 0.103. The van der Waals surface area contributed by atoms with Crippen LogP contribution in [-0.2, 0) is 4.79 Å². The van der Waals surface area contributed by atoms with Crippen molar-refractivity contribution in [3.8, 4) is 0 Å². The molecule has 0 aliphatic heterocycles. The average Bonchev–Trinajstić information content (AvgIpc) is 2.18. The highest BCUT2D eigenvalue weighted by Gasteiger charge is 2.05. The van der Waals surface area contributed by atoms with Crippen LogP contribution in [-0.4, -0.2) is 34.6 Å². The molecule has 82 valence electrons. The molecule has 1 aromatic heterocycles. The van der Waals surface area contributed by atoms with E-state index < -0.39 is 11.8 Å². The Balaban J connectivity index is 2.43. The molecular weight excluding hydrogens is 201 g/mol. The Labute approximate surface area is 86.6 Å². The third kappa shape index (κ3) is 3.88. The van der Waals surface area contributed by atoms with Gasteiger partial charge in [0.05, 0.1) is 12.4 Å². The zero-order chi connectivity index (χ0) is 11.3. The monoisotopic (exact) mass is 213 g/mol. The van der Waals surface area contributed by atoms with E-state index in [4.69, 9.17) is 5.11 Å². The van der Waals surface area contributed by atoms with Crippen LogP contribution < -0.4 is 4.90 Å². The number of aliphatic carboxylic acids is 1. The van der Waals surface area contributed by atoms with Crippen molar-refractivity contribution in [3.63, 3.8) is 0 Å². The highest BCUT2D eigenvalue weighted by atomic mass is 19.1. The Hall–Kier alpha value is -1.72. The molecule has 0 fully saturated rings. The summed E-state index contributed by atoms with van der Waals surface area (Å²) >= 11 is 0. The minimum atomic E-state index is -0.830. The number of hydrogen-bond donors (Lipinski definition) is 1. The summed E-state index contributed by atoms with van der Waals surface area (Å²) in [5.74, 6) is -0.928. The number of halogens is 1. The second-order valence-corrected chi connectivity index (χ2v) is 3.12. The van der Waals surface area contributed by atoms with Crippen molar-refractivity contribution in [1.82, 2.24) is 9.97 Å². The summed E-state index contributed by atoms with van der Waals surface area (Å²) in [6.07, 6.45) is 2.77. The summed E-state index contributed by atoms with van der Waals surface area (Å²) in [6.45, 7) is 0.526. The van der Waals surface area contributed by atoms with E-state index in [1.54, 1.807) is 11.9 Å². The molecule has 0 saturated carbocycles. The molecule has 1 aromatic rings. The maximum Gasteiger partial charge on any atom is 0.303 e. The molecule has 1 rings (SSSR count). The number of carboxylic acids is 1. The number of aromatic nitrogens is 2. The maximum atomic E-state index is 12.5. The molecule has 0 aliphatic rings. The lowest BCUT2D eigenvalue weighted by Gasteiger charge is -2.15. The van der Waals surface area contributed by atoms with Crippen LogP contribution >= 0.6 is 0 Å². The molecule has 0 unspecified atom stereocenters. The summed E-state index contributed by atoms with van der Waals surface area (Å²) in [7, 11) is 1.73. The first-order chi connectivity index (χ1) is 7.09. The van der Waals surface area contributed by atoms with Crippen molar-refractivity contribution in [2.75, 3.05) is 18.5 Å². The Kier molecular flexibility index (Phi) is 3.96. The lowest BCUT2D eigenvalue weighted by atomic mass is 10.3. The molecule has 0 aromatic carbocycles. The number of anilines is 1. The zero-order valence-corrected chi connectivity index (χ0v) is 8.35. The van der Waals surface area contributed by atoms with Crippen LogP contribution in [0.4, 0.5) is 10.3 Å². The van der Waals surface area contributed by atoms with E-state index in [1.807, 2.05) is 0 Å². The SMILES string of the molecule is CN(CCCC(=O)O)c1ncc(F)cn1. The summed E-state index contributed by atoms with van der Waals surface area (Å²) in [5.41, 5.74) is 0. The van der Waals surface area contributed by atoms with E-state index in [1.165, 1.54) is 0 Å². The Morgan fingerprint density at radius 1 is 1.53 bits per heavy atom. The van der Waals surface area contributed by atoms with Gasteiger partial charge < -0.3 is 10.0 Å². The number of hydrogen-bond acceptors (Lipinski definition) is 4. The van der Waals surface area contributed by atoms with Crippen LogP contribution in [0.2, 0.25) is 0 Å². The van der Waals surface area contributed by atoms with Gasteiger partial charge >= 0.3 is 5.97 Å². The topological polar surface area (TPSA) is 66.3 Å². The number of carboxylic acid groups (broad SMARTS) is 1. The molecular formula is C9H12FN3O2. The first-order valence-corrected chi connectivity index (χ1v) is 4.50. The zero-order valence-electron chi connectivity index (χ0n) is 8.35. The van der Waals surface area contributed by atoms with E-state index in [0.717, 1.165) is 12.4 Å². The predicted molar refractivity (Wildman–Crippen MR) is 52.1 cm³/mol. The van der Waals surface area contributed by atoms with Crippen molar-refractivity contribution in [2.45, 2.75) is 12.8 Å². The third-order valence-corrected chi connectivity index (χ3v) is 1.83. The first kappa shape index (κ1) is 11.4. The van der Waals surface area contributed by atoms with Crippen molar-refractivity contribution in [2.24, 2.45) is 0 Å². The fraction of sp³-hybridized carbons (Fsp3) is 0.444. The van der Waals surface area contributed by atoms with E-state index in [9.17, 15) is 9.18 Å². The molecule has 15 heavy (non-hydrogen) atoms. The quantitative estimate of drug-likeness (QED) is 0.787. The predicted octanol–water partition coefficient (Wildman–Crippen LogP) is 0.917. The molecule has 0 saturated heterocycles. The molecule has 0 atom stereocenters. The smallest absolute Gasteiger partial charge is 0.303 e. The summed E-state index contributed by atoms with van der Waals surface area (Å²) < 4.78 is 12.5. The van der Waals surface area contributed by atoms with E-state index in [2.05, 4.69) is 9.97 Å². The van der Waals surface area contributed by atoms with E-state index in [-0.39, 0.29) is 6.42 Å². The van der Waals surface area contributed by atoms with Gasteiger partial charge in [-0.15, -0.1) is 0 Å². The molecule has 1 heterocycles. The van der Waals surface area contributed by atoms with Crippen molar-refractivity contribution >= 4 is 11.9 Å². The third-order valence-electron chi connectivity index (χ3n) is 1.83. The van der Waals surface area contributed by atoms with Gasteiger partial charge in [-0.2, -0.15) is 0 Å². The standard InChI is InChI=1S/C9H12FN3O2/c1-13(4-2-3-8(14)15)9-11-5-7(10)6-12-9/h5-6H,2-4H2,1H3,(H,14,15). The Morgan fingerprint density at radius 2 is 2.13 bits per heavy atom. The van der Waals surface area contributed by atoms with Crippen LogP contribution in [0.1, 0.15) is 12.8 Å². The lowest BCUT2D eigenvalue weighted by molar-refractivity contribution is -0.137. The van der Waals surface area contributed by atoms with Gasteiger partial charge in [0.1, 0.15) is 0 Å². The number of nitrogens with zero attached hydrogens (tertiary/aromatic N) is 3. The summed E-state index contributed by atoms with van der Waals surface area (Å²) in [6, 6.07) is 0. The highest BCUT2D eigenvalue weighted by Crippen LogP contribution is 2.05. The lowest BCUT2D eigenvalue weighted by Crippen LogP contribution is -2.21. The average molecular weight is 213 g/mol. The van der Waals surface area contributed by atoms with Crippen LogP contribution in [0.3, 0.4) is 0 Å². The van der Waals surface area contributed by atoms with Crippen molar-refractivity contribution in [3.05, 3.63) is 18.2 Å². The summed E-state index contributed by atoms with van der Waals surface area (Å²) in [4.78, 5) is 19.5. The molecule has 0 aliphatic carbocycles. The van der Waals surface area contributed by atoms with Gasteiger partial charge in [-0.05, 0) is 6.42 Å². The Bertz CT molecular complexity index is 329. The maximum absolute atomic E-state index is 12.5. The molecule has 5 nitrogen and oxygen atoms in total.